The molecule has 0 amide bonds. The molecule has 1 N–H and O–H groups in total. The summed E-state index contributed by atoms with van der Waals surface area (Å²) < 4.78 is 1.13. The van der Waals surface area contributed by atoms with Crippen LogP contribution in [-0.4, -0.2) is 20.1 Å². The Morgan fingerprint density at radius 1 is 1.26 bits per heavy atom. The van der Waals surface area contributed by atoms with Crippen LogP contribution in [0, 0.1) is 11.3 Å². The van der Waals surface area contributed by atoms with Crippen molar-refractivity contribution < 1.29 is 0 Å². The van der Waals surface area contributed by atoms with Gasteiger partial charge in [0.05, 0.1) is 11.4 Å². The average molecular weight is 325 g/mol. The predicted octanol–water partition coefficient (Wildman–Crippen LogP) is 4.75. The normalized spacial score (nSPS) is 25.4. The maximum atomic E-state index is 3.77. The second-order valence-corrected chi connectivity index (χ2v) is 7.77. The lowest BCUT2D eigenvalue weighted by Crippen LogP contribution is -2.24. The molecule has 1 aromatic carbocycles. The van der Waals surface area contributed by atoms with Crippen molar-refractivity contribution in [3.05, 3.63) is 22.7 Å². The van der Waals surface area contributed by atoms with Crippen molar-refractivity contribution in [3.63, 3.8) is 0 Å². The quantitative estimate of drug-likeness (QED) is 0.862. The number of anilines is 2. The van der Waals surface area contributed by atoms with E-state index >= 15 is 0 Å². The van der Waals surface area contributed by atoms with Gasteiger partial charge in [0.15, 0.2) is 0 Å². The number of halogens is 1. The number of hydrogen-bond donors (Lipinski definition) is 1. The third-order valence-corrected chi connectivity index (χ3v) is 4.61. The van der Waals surface area contributed by atoms with Crippen LogP contribution in [0.2, 0.25) is 0 Å². The van der Waals surface area contributed by atoms with Gasteiger partial charge in [-0.1, -0.05) is 36.7 Å². The zero-order valence-corrected chi connectivity index (χ0v) is 14.2. The van der Waals surface area contributed by atoms with Gasteiger partial charge in [-0.3, -0.25) is 0 Å². The monoisotopic (exact) mass is 324 g/mol. The predicted molar refractivity (Wildman–Crippen MR) is 88.1 cm³/mol. The Morgan fingerprint density at radius 2 is 1.95 bits per heavy atom. The van der Waals surface area contributed by atoms with E-state index in [1.807, 2.05) is 0 Å². The smallest absolute Gasteiger partial charge is 0.0597 e. The fourth-order valence-corrected chi connectivity index (χ4v) is 3.66. The van der Waals surface area contributed by atoms with Gasteiger partial charge in [-0.15, -0.1) is 0 Å². The zero-order chi connectivity index (χ0) is 14.2. The van der Waals surface area contributed by atoms with Gasteiger partial charge >= 0.3 is 0 Å². The molecule has 1 aliphatic carbocycles. The van der Waals surface area contributed by atoms with Crippen molar-refractivity contribution in [1.29, 1.82) is 0 Å². The van der Waals surface area contributed by atoms with E-state index in [1.54, 1.807) is 0 Å². The summed E-state index contributed by atoms with van der Waals surface area (Å²) in [6.45, 7) is 7.11. The Labute approximate surface area is 125 Å². The summed E-state index contributed by atoms with van der Waals surface area (Å²) in [4.78, 5) is 2.17. The SMILES string of the molecule is CC1CC(C)(C)CC1Nc1cc(Br)ccc1N(C)C. The average Bonchev–Trinajstić information content (AvgIpc) is 2.51. The number of nitrogens with one attached hydrogen (secondary N) is 1. The Hall–Kier alpha value is -0.700. The second kappa shape index (κ2) is 5.35. The van der Waals surface area contributed by atoms with Crippen LogP contribution >= 0.6 is 15.9 Å². The number of rotatable bonds is 3. The fourth-order valence-electron chi connectivity index (χ4n) is 3.30. The third-order valence-electron chi connectivity index (χ3n) is 4.12. The summed E-state index contributed by atoms with van der Waals surface area (Å²) in [7, 11) is 4.19. The summed E-state index contributed by atoms with van der Waals surface area (Å²) in [5.74, 6) is 0.726. The summed E-state index contributed by atoms with van der Waals surface area (Å²) in [6.07, 6.45) is 2.55. The molecule has 0 aliphatic heterocycles. The first-order valence-corrected chi connectivity index (χ1v) is 7.81. The van der Waals surface area contributed by atoms with Gasteiger partial charge < -0.3 is 10.2 Å². The molecule has 1 saturated carbocycles. The fraction of sp³-hybridized carbons (Fsp3) is 0.625. The van der Waals surface area contributed by atoms with Crippen LogP contribution < -0.4 is 10.2 Å². The summed E-state index contributed by atoms with van der Waals surface area (Å²) in [6, 6.07) is 7.02. The Kier molecular flexibility index (Phi) is 4.14. The van der Waals surface area contributed by atoms with Crippen LogP contribution in [-0.2, 0) is 0 Å². The lowest BCUT2D eigenvalue weighted by molar-refractivity contribution is 0.366. The molecular formula is C16H25BrN2. The molecule has 106 valence electrons. The molecule has 0 heterocycles. The van der Waals surface area contributed by atoms with Gasteiger partial charge in [0.1, 0.15) is 0 Å². The van der Waals surface area contributed by atoms with Crippen LogP contribution in [0.15, 0.2) is 22.7 Å². The molecule has 0 bridgehead atoms. The molecular weight excluding hydrogens is 300 g/mol. The minimum Gasteiger partial charge on any atom is -0.380 e. The molecule has 0 aromatic heterocycles. The molecule has 2 unspecified atom stereocenters. The minimum atomic E-state index is 0.460. The molecule has 2 atom stereocenters. The van der Waals surface area contributed by atoms with Gasteiger partial charge in [-0.25, -0.2) is 0 Å². The maximum Gasteiger partial charge on any atom is 0.0597 e. The standard InChI is InChI=1S/C16H25BrN2/c1-11-9-16(2,3)10-14(11)18-13-8-12(17)6-7-15(13)19(4)5/h6-8,11,14,18H,9-10H2,1-5H3. The van der Waals surface area contributed by atoms with Gasteiger partial charge in [0, 0.05) is 24.6 Å². The topological polar surface area (TPSA) is 15.3 Å². The number of nitrogens with zero attached hydrogens (tertiary/aromatic N) is 1. The first-order chi connectivity index (χ1) is 8.78. The molecule has 0 radical (unpaired) electrons. The molecule has 1 fully saturated rings. The van der Waals surface area contributed by atoms with Gasteiger partial charge in [-0.2, -0.15) is 0 Å². The van der Waals surface area contributed by atoms with Crippen LogP contribution in [0.3, 0.4) is 0 Å². The highest BCUT2D eigenvalue weighted by Gasteiger charge is 2.36. The van der Waals surface area contributed by atoms with E-state index in [2.05, 4.69) is 79.2 Å². The van der Waals surface area contributed by atoms with Crippen LogP contribution in [0.5, 0.6) is 0 Å². The largest absolute Gasteiger partial charge is 0.380 e. The lowest BCUT2D eigenvalue weighted by atomic mass is 9.91. The molecule has 1 aliphatic rings. The first kappa shape index (κ1) is 14.7. The summed E-state index contributed by atoms with van der Waals surface area (Å²) >= 11 is 3.57. The van der Waals surface area contributed by atoms with E-state index < -0.39 is 0 Å². The molecule has 2 rings (SSSR count). The molecule has 0 saturated heterocycles. The first-order valence-electron chi connectivity index (χ1n) is 7.02. The number of benzene rings is 1. The van der Waals surface area contributed by atoms with E-state index in [0.29, 0.717) is 11.5 Å². The highest BCUT2D eigenvalue weighted by molar-refractivity contribution is 9.10. The van der Waals surface area contributed by atoms with Crippen molar-refractivity contribution in [1.82, 2.24) is 0 Å². The van der Waals surface area contributed by atoms with E-state index in [9.17, 15) is 0 Å². The minimum absolute atomic E-state index is 0.460. The highest BCUT2D eigenvalue weighted by atomic mass is 79.9. The Morgan fingerprint density at radius 3 is 2.47 bits per heavy atom. The molecule has 1 aromatic rings. The van der Waals surface area contributed by atoms with Crippen molar-refractivity contribution in [2.24, 2.45) is 11.3 Å². The van der Waals surface area contributed by atoms with Crippen molar-refractivity contribution in [2.75, 3.05) is 24.3 Å². The summed E-state index contributed by atoms with van der Waals surface area (Å²) in [5.41, 5.74) is 2.94. The molecule has 2 nitrogen and oxygen atoms in total. The Balaban J connectivity index is 2.21. The third kappa shape index (κ3) is 3.44. The zero-order valence-electron chi connectivity index (χ0n) is 12.6. The van der Waals surface area contributed by atoms with Crippen molar-refractivity contribution in [2.45, 2.75) is 39.7 Å². The maximum absolute atomic E-state index is 3.77. The van der Waals surface area contributed by atoms with E-state index in [-0.39, 0.29) is 0 Å². The van der Waals surface area contributed by atoms with Crippen LogP contribution in [0.1, 0.15) is 33.6 Å². The van der Waals surface area contributed by atoms with Crippen LogP contribution in [0.25, 0.3) is 0 Å². The van der Waals surface area contributed by atoms with Crippen LogP contribution in [0.4, 0.5) is 11.4 Å². The summed E-state index contributed by atoms with van der Waals surface area (Å²) in [5, 5.41) is 3.77. The second-order valence-electron chi connectivity index (χ2n) is 6.86. The van der Waals surface area contributed by atoms with E-state index in [4.69, 9.17) is 0 Å². The van der Waals surface area contributed by atoms with Gasteiger partial charge in [0.25, 0.3) is 0 Å². The van der Waals surface area contributed by atoms with Gasteiger partial charge in [0.2, 0.25) is 0 Å². The van der Waals surface area contributed by atoms with Crippen molar-refractivity contribution in [3.8, 4) is 0 Å². The van der Waals surface area contributed by atoms with E-state index in [1.165, 1.54) is 24.2 Å². The van der Waals surface area contributed by atoms with Gasteiger partial charge in [-0.05, 0) is 42.4 Å². The molecule has 0 spiro atoms. The molecule has 3 heteroatoms. The number of hydrogen-bond acceptors (Lipinski definition) is 2. The highest BCUT2D eigenvalue weighted by Crippen LogP contribution is 2.43. The van der Waals surface area contributed by atoms with Crippen molar-refractivity contribution >= 4 is 27.3 Å². The molecule has 19 heavy (non-hydrogen) atoms. The lowest BCUT2D eigenvalue weighted by Gasteiger charge is -2.24. The van der Waals surface area contributed by atoms with E-state index in [0.717, 1.165) is 10.4 Å². The Bertz CT molecular complexity index is 454.